The van der Waals surface area contributed by atoms with Crippen molar-refractivity contribution in [3.05, 3.63) is 59.2 Å². The molecule has 0 aliphatic carbocycles. The van der Waals surface area contributed by atoms with Gasteiger partial charge in [-0.1, -0.05) is 36.4 Å². The van der Waals surface area contributed by atoms with Crippen molar-refractivity contribution < 1.29 is 0 Å². The van der Waals surface area contributed by atoms with Gasteiger partial charge in [-0.25, -0.2) is 0 Å². The lowest BCUT2D eigenvalue weighted by molar-refractivity contribution is 0.836. The number of hydrogen-bond donors (Lipinski definition) is 1. The number of fused-ring (bicyclic) bond motifs is 1. The molecule has 2 N–H and O–H groups in total. The first-order chi connectivity index (χ1) is 8.74. The van der Waals surface area contributed by atoms with Crippen LogP contribution in [0.15, 0.2) is 42.5 Å². The fraction of sp³-hybridized carbons (Fsp3) is 0.250. The molecule has 92 valence electrons. The van der Waals surface area contributed by atoms with Crippen LogP contribution in [0.2, 0.25) is 0 Å². The Morgan fingerprint density at radius 1 is 1.17 bits per heavy atom. The first-order valence-electron chi connectivity index (χ1n) is 6.42. The molecule has 1 heterocycles. The van der Waals surface area contributed by atoms with Gasteiger partial charge in [0, 0.05) is 24.5 Å². The van der Waals surface area contributed by atoms with Crippen LogP contribution in [0.4, 0.5) is 11.4 Å². The number of hydrogen-bond acceptors (Lipinski definition) is 2. The fourth-order valence-electron chi connectivity index (χ4n) is 2.61. The molecular formula is C16H18N2. The van der Waals surface area contributed by atoms with Gasteiger partial charge in [0.05, 0.1) is 0 Å². The molecule has 0 radical (unpaired) electrons. The smallest absolute Gasteiger partial charge is 0.0429 e. The van der Waals surface area contributed by atoms with Gasteiger partial charge in [-0.15, -0.1) is 0 Å². The predicted octanol–water partition coefficient (Wildman–Crippen LogP) is 3.14. The first kappa shape index (κ1) is 11.1. The van der Waals surface area contributed by atoms with Gasteiger partial charge in [0.15, 0.2) is 0 Å². The Morgan fingerprint density at radius 2 is 1.94 bits per heavy atom. The second-order valence-corrected chi connectivity index (χ2v) is 4.99. The molecule has 0 spiro atoms. The molecule has 0 amide bonds. The molecule has 0 fully saturated rings. The van der Waals surface area contributed by atoms with E-state index < -0.39 is 0 Å². The van der Waals surface area contributed by atoms with Gasteiger partial charge in [-0.2, -0.15) is 0 Å². The standard InChI is InChI=1S/C16H18N2/c1-12-9-14-7-8-18(16(14)10-15(12)17)11-13-5-3-2-4-6-13/h2-6,9-10H,7-8,11,17H2,1H3. The van der Waals surface area contributed by atoms with Gasteiger partial charge in [-0.05, 0) is 36.1 Å². The molecule has 3 rings (SSSR count). The van der Waals surface area contributed by atoms with Crippen LogP contribution in [-0.2, 0) is 13.0 Å². The average Bonchev–Trinajstić information content (AvgIpc) is 2.74. The third-order valence-corrected chi connectivity index (χ3v) is 3.68. The molecule has 0 saturated carbocycles. The molecule has 0 unspecified atom stereocenters. The first-order valence-corrected chi connectivity index (χ1v) is 6.42. The zero-order valence-electron chi connectivity index (χ0n) is 10.7. The largest absolute Gasteiger partial charge is 0.398 e. The van der Waals surface area contributed by atoms with Crippen LogP contribution >= 0.6 is 0 Å². The van der Waals surface area contributed by atoms with E-state index in [9.17, 15) is 0 Å². The van der Waals surface area contributed by atoms with E-state index in [-0.39, 0.29) is 0 Å². The van der Waals surface area contributed by atoms with Crippen molar-refractivity contribution in [3.8, 4) is 0 Å². The summed E-state index contributed by atoms with van der Waals surface area (Å²) in [6.45, 7) is 4.14. The monoisotopic (exact) mass is 238 g/mol. The summed E-state index contributed by atoms with van der Waals surface area (Å²) in [7, 11) is 0. The summed E-state index contributed by atoms with van der Waals surface area (Å²) >= 11 is 0. The quantitative estimate of drug-likeness (QED) is 0.814. The summed E-state index contributed by atoms with van der Waals surface area (Å²) in [5, 5.41) is 0. The van der Waals surface area contributed by atoms with Gasteiger partial charge >= 0.3 is 0 Å². The Bertz CT molecular complexity index is 561. The molecule has 1 aliphatic heterocycles. The molecule has 2 aromatic rings. The number of nitrogens with two attached hydrogens (primary N) is 1. The summed E-state index contributed by atoms with van der Waals surface area (Å²) in [5.74, 6) is 0. The maximum Gasteiger partial charge on any atom is 0.0429 e. The van der Waals surface area contributed by atoms with Gasteiger partial charge in [0.25, 0.3) is 0 Å². The lowest BCUT2D eigenvalue weighted by Crippen LogP contribution is -2.19. The van der Waals surface area contributed by atoms with Crippen LogP contribution in [0.3, 0.4) is 0 Å². The van der Waals surface area contributed by atoms with Crippen molar-refractivity contribution in [2.24, 2.45) is 0 Å². The van der Waals surface area contributed by atoms with E-state index in [2.05, 4.69) is 54.3 Å². The topological polar surface area (TPSA) is 29.3 Å². The molecule has 0 atom stereocenters. The number of benzene rings is 2. The second kappa shape index (κ2) is 4.37. The zero-order valence-corrected chi connectivity index (χ0v) is 10.7. The molecule has 2 nitrogen and oxygen atoms in total. The van der Waals surface area contributed by atoms with Gasteiger partial charge in [-0.3, -0.25) is 0 Å². The minimum atomic E-state index is 0.897. The van der Waals surface area contributed by atoms with E-state index in [1.807, 2.05) is 0 Å². The maximum atomic E-state index is 6.02. The van der Waals surface area contributed by atoms with E-state index in [4.69, 9.17) is 5.73 Å². The van der Waals surface area contributed by atoms with E-state index in [1.165, 1.54) is 22.4 Å². The highest BCUT2D eigenvalue weighted by Crippen LogP contribution is 2.32. The van der Waals surface area contributed by atoms with Crippen molar-refractivity contribution in [3.63, 3.8) is 0 Å². The van der Waals surface area contributed by atoms with Crippen molar-refractivity contribution in [2.75, 3.05) is 17.2 Å². The third-order valence-electron chi connectivity index (χ3n) is 3.68. The lowest BCUT2D eigenvalue weighted by Gasteiger charge is -2.20. The Kier molecular flexibility index (Phi) is 2.71. The normalized spacial score (nSPS) is 13.7. The molecule has 0 bridgehead atoms. The second-order valence-electron chi connectivity index (χ2n) is 4.99. The lowest BCUT2D eigenvalue weighted by atomic mass is 10.1. The maximum absolute atomic E-state index is 6.02. The highest BCUT2D eigenvalue weighted by atomic mass is 15.1. The van der Waals surface area contributed by atoms with Crippen LogP contribution in [0, 0.1) is 6.92 Å². The van der Waals surface area contributed by atoms with Crippen LogP contribution in [-0.4, -0.2) is 6.54 Å². The van der Waals surface area contributed by atoms with Crippen molar-refractivity contribution >= 4 is 11.4 Å². The molecule has 2 aromatic carbocycles. The van der Waals surface area contributed by atoms with E-state index in [1.54, 1.807) is 0 Å². The highest BCUT2D eigenvalue weighted by molar-refractivity contribution is 5.67. The van der Waals surface area contributed by atoms with Gasteiger partial charge < -0.3 is 10.6 Å². The van der Waals surface area contributed by atoms with Crippen molar-refractivity contribution in [2.45, 2.75) is 19.9 Å². The SMILES string of the molecule is Cc1cc2c(cc1N)N(Cc1ccccc1)CC2. The number of nitrogen functional groups attached to an aromatic ring is 1. The Morgan fingerprint density at radius 3 is 2.72 bits per heavy atom. The van der Waals surface area contributed by atoms with E-state index in [0.717, 1.165) is 25.2 Å². The van der Waals surface area contributed by atoms with E-state index in [0.29, 0.717) is 0 Å². The Hall–Kier alpha value is -1.96. The summed E-state index contributed by atoms with van der Waals surface area (Å²) in [5.41, 5.74) is 12.2. The molecule has 1 aliphatic rings. The molecule has 0 saturated heterocycles. The Balaban J connectivity index is 1.89. The van der Waals surface area contributed by atoms with Crippen molar-refractivity contribution in [1.82, 2.24) is 0 Å². The van der Waals surface area contributed by atoms with E-state index >= 15 is 0 Å². The number of anilines is 2. The van der Waals surface area contributed by atoms with Crippen LogP contribution in [0.1, 0.15) is 16.7 Å². The molecule has 0 aromatic heterocycles. The number of nitrogens with zero attached hydrogens (tertiary/aromatic N) is 1. The summed E-state index contributed by atoms with van der Waals surface area (Å²) in [6.07, 6.45) is 1.13. The number of aryl methyl sites for hydroxylation is 1. The summed E-state index contributed by atoms with van der Waals surface area (Å²) in [4.78, 5) is 2.42. The predicted molar refractivity (Wildman–Crippen MR) is 76.8 cm³/mol. The summed E-state index contributed by atoms with van der Waals surface area (Å²) in [6, 6.07) is 15.0. The van der Waals surface area contributed by atoms with Crippen LogP contribution in [0.5, 0.6) is 0 Å². The Labute approximate surface area is 108 Å². The molecular weight excluding hydrogens is 220 g/mol. The number of rotatable bonds is 2. The minimum absolute atomic E-state index is 0.897. The fourth-order valence-corrected chi connectivity index (χ4v) is 2.61. The van der Waals surface area contributed by atoms with Crippen LogP contribution in [0.25, 0.3) is 0 Å². The highest BCUT2D eigenvalue weighted by Gasteiger charge is 2.19. The van der Waals surface area contributed by atoms with Gasteiger partial charge in [0.2, 0.25) is 0 Å². The van der Waals surface area contributed by atoms with Crippen molar-refractivity contribution in [1.29, 1.82) is 0 Å². The van der Waals surface area contributed by atoms with Gasteiger partial charge in [0.1, 0.15) is 0 Å². The third kappa shape index (κ3) is 1.94. The molecule has 2 heteroatoms. The zero-order chi connectivity index (χ0) is 12.5. The minimum Gasteiger partial charge on any atom is -0.398 e. The summed E-state index contributed by atoms with van der Waals surface area (Å²) < 4.78 is 0. The average molecular weight is 238 g/mol. The molecule has 18 heavy (non-hydrogen) atoms. The van der Waals surface area contributed by atoms with Crippen LogP contribution < -0.4 is 10.6 Å².